The third-order valence-corrected chi connectivity index (χ3v) is 5.51. The van der Waals surface area contributed by atoms with Crippen molar-refractivity contribution in [3.63, 3.8) is 0 Å². The fourth-order valence-corrected chi connectivity index (χ4v) is 4.62. The van der Waals surface area contributed by atoms with E-state index in [0.29, 0.717) is 10.5 Å². The summed E-state index contributed by atoms with van der Waals surface area (Å²) in [6.45, 7) is 7.92. The van der Waals surface area contributed by atoms with E-state index < -0.39 is 0 Å². The van der Waals surface area contributed by atoms with Crippen LogP contribution in [0.2, 0.25) is 0 Å². The van der Waals surface area contributed by atoms with Crippen LogP contribution in [0.15, 0.2) is 12.4 Å². The zero-order chi connectivity index (χ0) is 15.7. The van der Waals surface area contributed by atoms with E-state index in [0.717, 1.165) is 38.3 Å². The molecule has 0 radical (unpaired) electrons. The van der Waals surface area contributed by atoms with Gasteiger partial charge >= 0.3 is 6.03 Å². The Morgan fingerprint density at radius 1 is 1.32 bits per heavy atom. The predicted molar refractivity (Wildman–Crippen MR) is 90.4 cm³/mol. The molecule has 0 spiro atoms. The highest BCUT2D eigenvalue weighted by molar-refractivity contribution is 8.00. The maximum atomic E-state index is 12.5. The Balaban J connectivity index is 1.52. The van der Waals surface area contributed by atoms with Crippen molar-refractivity contribution in [2.24, 2.45) is 7.05 Å². The number of aromatic nitrogens is 2. The summed E-state index contributed by atoms with van der Waals surface area (Å²) in [7, 11) is 1.93. The summed E-state index contributed by atoms with van der Waals surface area (Å²) in [6, 6.07) is 0.324. The minimum atomic E-state index is 0.0945. The highest BCUT2D eigenvalue weighted by atomic mass is 32.2. The number of nitrogens with one attached hydrogen (secondary N) is 1. The van der Waals surface area contributed by atoms with Crippen molar-refractivity contribution in [2.45, 2.75) is 36.8 Å². The molecule has 2 saturated heterocycles. The first kappa shape index (κ1) is 15.5. The Labute approximate surface area is 136 Å². The van der Waals surface area contributed by atoms with Crippen LogP contribution in [0, 0.1) is 0 Å². The average molecular weight is 323 g/mol. The largest absolute Gasteiger partial charge is 0.367 e. The molecule has 2 aliphatic heterocycles. The molecule has 7 heteroatoms. The second kappa shape index (κ2) is 6.40. The van der Waals surface area contributed by atoms with Crippen molar-refractivity contribution in [1.82, 2.24) is 20.0 Å². The summed E-state index contributed by atoms with van der Waals surface area (Å²) < 4.78 is 1.81. The van der Waals surface area contributed by atoms with Crippen molar-refractivity contribution in [3.05, 3.63) is 12.4 Å². The molecule has 0 saturated carbocycles. The van der Waals surface area contributed by atoms with Crippen LogP contribution in [0.5, 0.6) is 0 Å². The van der Waals surface area contributed by atoms with Gasteiger partial charge in [0.1, 0.15) is 0 Å². The number of nitrogens with zero attached hydrogens (tertiary/aromatic N) is 4. The molecular formula is C15H25N5OS. The maximum absolute atomic E-state index is 12.5. The van der Waals surface area contributed by atoms with E-state index in [-0.39, 0.29) is 12.1 Å². The molecule has 122 valence electrons. The van der Waals surface area contributed by atoms with E-state index in [1.807, 2.05) is 40.8 Å². The zero-order valence-electron chi connectivity index (χ0n) is 13.5. The summed E-state index contributed by atoms with van der Waals surface area (Å²) in [5, 5.41) is 8.46. The normalized spacial score (nSPS) is 29.0. The SMILES string of the molecule is CC1CN(C(=O)NC2CCN(c3cnn(C)c3)C2)CC(C)S1. The van der Waals surface area contributed by atoms with E-state index >= 15 is 0 Å². The van der Waals surface area contributed by atoms with Crippen LogP contribution in [0.1, 0.15) is 20.3 Å². The maximum Gasteiger partial charge on any atom is 0.317 e. The van der Waals surface area contributed by atoms with Gasteiger partial charge < -0.3 is 15.1 Å². The van der Waals surface area contributed by atoms with Gasteiger partial charge in [0.25, 0.3) is 0 Å². The van der Waals surface area contributed by atoms with E-state index in [2.05, 4.69) is 29.2 Å². The Morgan fingerprint density at radius 3 is 2.68 bits per heavy atom. The van der Waals surface area contributed by atoms with Gasteiger partial charge in [0.05, 0.1) is 11.9 Å². The number of amides is 2. The van der Waals surface area contributed by atoms with Crippen LogP contribution >= 0.6 is 11.8 Å². The molecule has 3 atom stereocenters. The molecule has 1 aromatic heterocycles. The lowest BCUT2D eigenvalue weighted by atomic mass is 10.2. The molecule has 0 aliphatic carbocycles. The van der Waals surface area contributed by atoms with Crippen LogP contribution < -0.4 is 10.2 Å². The lowest BCUT2D eigenvalue weighted by molar-refractivity contribution is 0.193. The van der Waals surface area contributed by atoms with Gasteiger partial charge in [0.15, 0.2) is 0 Å². The monoisotopic (exact) mass is 323 g/mol. The fourth-order valence-electron chi connectivity index (χ4n) is 3.29. The van der Waals surface area contributed by atoms with Gasteiger partial charge in [-0.3, -0.25) is 4.68 Å². The van der Waals surface area contributed by atoms with Gasteiger partial charge in [0.2, 0.25) is 0 Å². The van der Waals surface area contributed by atoms with Gasteiger partial charge in [-0.25, -0.2) is 4.79 Å². The molecule has 2 aliphatic rings. The summed E-state index contributed by atoms with van der Waals surface area (Å²) >= 11 is 1.97. The first-order valence-electron chi connectivity index (χ1n) is 7.95. The molecule has 2 amide bonds. The molecule has 3 rings (SSSR count). The summed E-state index contributed by atoms with van der Waals surface area (Å²) in [5.74, 6) is 0. The van der Waals surface area contributed by atoms with Crippen LogP contribution in [0.25, 0.3) is 0 Å². The van der Waals surface area contributed by atoms with Crippen molar-refractivity contribution in [2.75, 3.05) is 31.1 Å². The minimum Gasteiger partial charge on any atom is -0.367 e. The quantitative estimate of drug-likeness (QED) is 0.897. The number of urea groups is 1. The van der Waals surface area contributed by atoms with Gasteiger partial charge in [-0.1, -0.05) is 13.8 Å². The first-order chi connectivity index (χ1) is 10.5. The predicted octanol–water partition coefficient (Wildman–Crippen LogP) is 1.53. The number of carbonyl (C=O) groups is 1. The standard InChI is InChI=1S/C15H25N5OS/c1-11-7-20(8-12(2)22-11)15(21)17-13-4-5-19(9-13)14-6-16-18(3)10-14/h6,10-13H,4-5,7-9H2,1-3H3,(H,17,21). The van der Waals surface area contributed by atoms with Gasteiger partial charge in [-0.05, 0) is 6.42 Å². The smallest absolute Gasteiger partial charge is 0.317 e. The van der Waals surface area contributed by atoms with Crippen molar-refractivity contribution >= 4 is 23.5 Å². The number of aryl methyl sites for hydroxylation is 1. The lowest BCUT2D eigenvalue weighted by Gasteiger charge is -2.35. The Hall–Kier alpha value is -1.37. The van der Waals surface area contributed by atoms with Crippen LogP contribution in [-0.4, -0.2) is 63.4 Å². The van der Waals surface area contributed by atoms with E-state index in [4.69, 9.17) is 0 Å². The van der Waals surface area contributed by atoms with Crippen molar-refractivity contribution in [3.8, 4) is 0 Å². The summed E-state index contributed by atoms with van der Waals surface area (Å²) in [6.07, 6.45) is 4.90. The molecule has 1 aromatic rings. The molecular weight excluding hydrogens is 298 g/mol. The number of anilines is 1. The summed E-state index contributed by atoms with van der Waals surface area (Å²) in [4.78, 5) is 16.7. The second-order valence-electron chi connectivity index (χ2n) is 6.42. The minimum absolute atomic E-state index is 0.0945. The van der Waals surface area contributed by atoms with E-state index in [9.17, 15) is 4.79 Å². The number of hydrogen-bond acceptors (Lipinski definition) is 4. The Bertz CT molecular complexity index is 524. The number of hydrogen-bond donors (Lipinski definition) is 1. The van der Waals surface area contributed by atoms with Gasteiger partial charge in [-0.15, -0.1) is 0 Å². The number of thioether (sulfide) groups is 1. The molecule has 0 bridgehead atoms. The lowest BCUT2D eigenvalue weighted by Crippen LogP contribution is -2.51. The second-order valence-corrected chi connectivity index (χ2v) is 8.30. The van der Waals surface area contributed by atoms with Gasteiger partial charge in [-0.2, -0.15) is 16.9 Å². The zero-order valence-corrected chi connectivity index (χ0v) is 14.3. The Morgan fingerprint density at radius 2 is 2.05 bits per heavy atom. The third-order valence-electron chi connectivity index (χ3n) is 4.28. The number of rotatable bonds is 2. The van der Waals surface area contributed by atoms with Crippen molar-refractivity contribution < 1.29 is 4.79 Å². The third kappa shape index (κ3) is 3.51. The van der Waals surface area contributed by atoms with Gasteiger partial charge in [0, 0.05) is 56.0 Å². The molecule has 3 heterocycles. The molecule has 0 aromatic carbocycles. The Kier molecular flexibility index (Phi) is 4.52. The average Bonchev–Trinajstić information content (AvgIpc) is 3.06. The molecule has 2 fully saturated rings. The molecule has 3 unspecified atom stereocenters. The number of carbonyl (C=O) groups excluding carboxylic acids is 1. The molecule has 22 heavy (non-hydrogen) atoms. The van der Waals surface area contributed by atoms with Crippen LogP contribution in [0.4, 0.5) is 10.5 Å². The van der Waals surface area contributed by atoms with E-state index in [1.165, 1.54) is 0 Å². The van der Waals surface area contributed by atoms with Crippen LogP contribution in [0.3, 0.4) is 0 Å². The highest BCUT2D eigenvalue weighted by Gasteiger charge is 2.29. The molecule has 1 N–H and O–H groups in total. The highest BCUT2D eigenvalue weighted by Crippen LogP contribution is 2.25. The fraction of sp³-hybridized carbons (Fsp3) is 0.733. The first-order valence-corrected chi connectivity index (χ1v) is 8.90. The summed E-state index contributed by atoms with van der Waals surface area (Å²) in [5.41, 5.74) is 1.14. The van der Waals surface area contributed by atoms with Crippen LogP contribution in [-0.2, 0) is 7.05 Å². The topological polar surface area (TPSA) is 53.4 Å². The van der Waals surface area contributed by atoms with Crippen molar-refractivity contribution in [1.29, 1.82) is 0 Å². The van der Waals surface area contributed by atoms with E-state index in [1.54, 1.807) is 0 Å². The molecule has 6 nitrogen and oxygen atoms in total.